The Kier molecular flexibility index (Phi) is 4.07. The van der Waals surface area contributed by atoms with Crippen molar-refractivity contribution in [1.29, 1.82) is 0 Å². The number of rotatable bonds is 4. The molecule has 0 spiro atoms. The molecule has 0 bridgehead atoms. The van der Waals surface area contributed by atoms with Gasteiger partial charge in [-0.3, -0.25) is 4.57 Å². The van der Waals surface area contributed by atoms with E-state index < -0.39 is 0 Å². The fourth-order valence-electron chi connectivity index (χ4n) is 3.12. The van der Waals surface area contributed by atoms with Crippen molar-refractivity contribution in [1.82, 2.24) is 14.7 Å². The van der Waals surface area contributed by atoms with E-state index in [9.17, 15) is 4.79 Å². The minimum atomic E-state index is -0.375. The van der Waals surface area contributed by atoms with E-state index in [0.717, 1.165) is 22.4 Å². The van der Waals surface area contributed by atoms with Gasteiger partial charge in [-0.25, -0.2) is 4.79 Å². The van der Waals surface area contributed by atoms with Crippen LogP contribution in [0.25, 0.3) is 33.9 Å². The molecule has 0 radical (unpaired) electrons. The zero-order valence-corrected chi connectivity index (χ0v) is 15.5. The lowest BCUT2D eigenvalue weighted by molar-refractivity contribution is 0.414. The highest BCUT2D eigenvalue weighted by atomic mass is 16.5. The number of benzene rings is 2. The molecule has 0 atom stereocenters. The van der Waals surface area contributed by atoms with Gasteiger partial charge in [0.2, 0.25) is 5.82 Å². The number of aromatic nitrogens is 3. The van der Waals surface area contributed by atoms with E-state index in [1.54, 1.807) is 17.7 Å². The van der Waals surface area contributed by atoms with Crippen molar-refractivity contribution in [2.75, 3.05) is 7.11 Å². The van der Waals surface area contributed by atoms with Crippen molar-refractivity contribution in [2.24, 2.45) is 0 Å². The molecule has 0 saturated carbocycles. The number of nitrogens with zero attached hydrogens (tertiary/aromatic N) is 3. The molecule has 2 heterocycles. The Labute approximate surface area is 155 Å². The Morgan fingerprint density at radius 1 is 1.15 bits per heavy atom. The van der Waals surface area contributed by atoms with Crippen LogP contribution in [0.5, 0.6) is 5.75 Å². The molecule has 7 heteroatoms. The zero-order chi connectivity index (χ0) is 19.1. The molecule has 2 aromatic heterocycles. The van der Waals surface area contributed by atoms with Gasteiger partial charge in [0.25, 0.3) is 5.89 Å². The van der Waals surface area contributed by atoms with Gasteiger partial charge in [0.05, 0.1) is 12.6 Å². The quantitative estimate of drug-likeness (QED) is 0.539. The molecular weight excluding hydrogens is 346 g/mol. The Morgan fingerprint density at radius 3 is 2.67 bits per heavy atom. The van der Waals surface area contributed by atoms with Crippen molar-refractivity contribution in [3.8, 4) is 28.6 Å². The highest BCUT2D eigenvalue weighted by Crippen LogP contribution is 2.29. The van der Waals surface area contributed by atoms with Crippen LogP contribution in [0, 0.1) is 6.92 Å². The van der Waals surface area contributed by atoms with Crippen LogP contribution in [0.2, 0.25) is 0 Å². The van der Waals surface area contributed by atoms with Crippen LogP contribution < -0.4 is 10.5 Å². The number of aryl methyl sites for hydroxylation is 1. The summed E-state index contributed by atoms with van der Waals surface area (Å²) < 4.78 is 17.6. The molecule has 2 aromatic carbocycles. The van der Waals surface area contributed by atoms with Gasteiger partial charge in [0, 0.05) is 17.2 Å². The first-order valence-electron chi connectivity index (χ1n) is 8.62. The molecule has 0 unspecified atom stereocenters. The van der Waals surface area contributed by atoms with Crippen LogP contribution in [0.1, 0.15) is 25.5 Å². The van der Waals surface area contributed by atoms with E-state index in [4.69, 9.17) is 13.7 Å². The van der Waals surface area contributed by atoms with Crippen LogP contribution in [-0.4, -0.2) is 21.8 Å². The minimum Gasteiger partial charge on any atom is -0.497 e. The molecule has 4 rings (SSSR count). The maximum Gasteiger partial charge on any atom is 0.420 e. The van der Waals surface area contributed by atoms with Crippen molar-refractivity contribution in [3.63, 3.8) is 0 Å². The van der Waals surface area contributed by atoms with Crippen molar-refractivity contribution in [3.05, 3.63) is 52.5 Å². The Bertz CT molecular complexity index is 1180. The zero-order valence-electron chi connectivity index (χ0n) is 15.5. The van der Waals surface area contributed by atoms with E-state index >= 15 is 0 Å². The van der Waals surface area contributed by atoms with Gasteiger partial charge in [-0.1, -0.05) is 5.16 Å². The lowest BCUT2D eigenvalue weighted by Crippen LogP contribution is -2.15. The van der Waals surface area contributed by atoms with Crippen LogP contribution in [0.15, 0.2) is 50.1 Å². The van der Waals surface area contributed by atoms with E-state index in [2.05, 4.69) is 10.1 Å². The third-order valence-corrected chi connectivity index (χ3v) is 4.48. The molecular formula is C20H19N3O4. The van der Waals surface area contributed by atoms with Gasteiger partial charge in [0.1, 0.15) is 5.75 Å². The average Bonchev–Trinajstić information content (AvgIpc) is 3.24. The fraction of sp³-hybridized carbons (Fsp3) is 0.250. The third-order valence-electron chi connectivity index (χ3n) is 4.48. The Hall–Kier alpha value is -3.35. The molecule has 27 heavy (non-hydrogen) atoms. The maximum absolute atomic E-state index is 12.0. The van der Waals surface area contributed by atoms with Gasteiger partial charge < -0.3 is 13.7 Å². The minimum absolute atomic E-state index is 0.0134. The van der Waals surface area contributed by atoms with Crippen molar-refractivity contribution >= 4 is 11.1 Å². The maximum atomic E-state index is 12.0. The van der Waals surface area contributed by atoms with Crippen LogP contribution in [0.3, 0.4) is 0 Å². The number of oxazole rings is 1. The van der Waals surface area contributed by atoms with E-state index in [-0.39, 0.29) is 11.8 Å². The summed E-state index contributed by atoms with van der Waals surface area (Å²) in [4.78, 5) is 16.5. The first kappa shape index (κ1) is 17.1. The topological polar surface area (TPSA) is 83.3 Å². The second kappa shape index (κ2) is 6.42. The van der Waals surface area contributed by atoms with E-state index in [0.29, 0.717) is 22.9 Å². The molecule has 0 aliphatic carbocycles. The predicted molar refractivity (Wildman–Crippen MR) is 101 cm³/mol. The molecule has 0 saturated heterocycles. The third kappa shape index (κ3) is 2.91. The number of ether oxygens (including phenoxy) is 1. The van der Waals surface area contributed by atoms with Gasteiger partial charge >= 0.3 is 5.76 Å². The Balaban J connectivity index is 1.74. The molecule has 0 fully saturated rings. The lowest BCUT2D eigenvalue weighted by atomic mass is 10.1. The number of fused-ring (bicyclic) bond motifs is 1. The standard InChI is InChI=1S/C20H19N3O4/c1-11(2)23-16-8-5-13(10-17(16)26-20(23)24)18-21-19(27-22-18)15-7-6-14(25-4)9-12(15)3/h5-11H,1-4H3. The SMILES string of the molecule is COc1ccc(-c2nc(-c3ccc4c(c3)oc(=O)n4C(C)C)no2)c(C)c1. The fourth-order valence-corrected chi connectivity index (χ4v) is 3.12. The van der Waals surface area contributed by atoms with Gasteiger partial charge in [0.15, 0.2) is 5.58 Å². The van der Waals surface area contributed by atoms with E-state index in [1.165, 1.54) is 0 Å². The van der Waals surface area contributed by atoms with Gasteiger partial charge in [-0.15, -0.1) is 0 Å². The summed E-state index contributed by atoms with van der Waals surface area (Å²) in [6.45, 7) is 5.83. The molecule has 0 aliphatic heterocycles. The highest BCUT2D eigenvalue weighted by molar-refractivity contribution is 5.79. The summed E-state index contributed by atoms with van der Waals surface area (Å²) in [5, 5.41) is 4.07. The normalized spacial score (nSPS) is 11.4. The van der Waals surface area contributed by atoms with Crippen molar-refractivity contribution < 1.29 is 13.7 Å². The summed E-state index contributed by atoms with van der Waals surface area (Å²) in [6, 6.07) is 11.1. The van der Waals surface area contributed by atoms with Gasteiger partial charge in [-0.05, 0) is 62.7 Å². The number of hydrogen-bond donors (Lipinski definition) is 0. The Morgan fingerprint density at radius 2 is 1.96 bits per heavy atom. The summed E-state index contributed by atoms with van der Waals surface area (Å²) in [6.07, 6.45) is 0. The molecule has 0 amide bonds. The first-order valence-corrected chi connectivity index (χ1v) is 8.62. The summed E-state index contributed by atoms with van der Waals surface area (Å²) in [5.74, 6) is 1.25. The number of methoxy groups -OCH3 is 1. The molecule has 7 nitrogen and oxygen atoms in total. The number of hydrogen-bond acceptors (Lipinski definition) is 6. The second-order valence-corrected chi connectivity index (χ2v) is 6.62. The van der Waals surface area contributed by atoms with Crippen LogP contribution >= 0.6 is 0 Å². The first-order chi connectivity index (χ1) is 13.0. The lowest BCUT2D eigenvalue weighted by Gasteiger charge is -2.05. The second-order valence-electron chi connectivity index (χ2n) is 6.62. The monoisotopic (exact) mass is 365 g/mol. The molecule has 4 aromatic rings. The smallest absolute Gasteiger partial charge is 0.420 e. The summed E-state index contributed by atoms with van der Waals surface area (Å²) in [7, 11) is 1.63. The largest absolute Gasteiger partial charge is 0.497 e. The van der Waals surface area contributed by atoms with Crippen molar-refractivity contribution in [2.45, 2.75) is 26.8 Å². The van der Waals surface area contributed by atoms with E-state index in [1.807, 2.05) is 51.1 Å². The molecule has 0 N–H and O–H groups in total. The molecule has 138 valence electrons. The van der Waals surface area contributed by atoms with Gasteiger partial charge in [-0.2, -0.15) is 4.98 Å². The highest BCUT2D eigenvalue weighted by Gasteiger charge is 2.16. The molecule has 0 aliphatic rings. The summed E-state index contributed by atoms with van der Waals surface area (Å²) >= 11 is 0. The summed E-state index contributed by atoms with van der Waals surface area (Å²) in [5.41, 5.74) is 3.77. The van der Waals surface area contributed by atoms with Crippen LogP contribution in [-0.2, 0) is 0 Å². The predicted octanol–water partition coefficient (Wildman–Crippen LogP) is 4.21. The van der Waals surface area contributed by atoms with Crippen LogP contribution in [0.4, 0.5) is 0 Å². The average molecular weight is 365 g/mol.